The molecule has 0 spiro atoms. The van der Waals surface area contributed by atoms with Gasteiger partial charge in [-0.3, -0.25) is 4.68 Å². The Hall–Kier alpha value is -2.34. The summed E-state index contributed by atoms with van der Waals surface area (Å²) in [4.78, 5) is 14.7. The second-order valence-electron chi connectivity index (χ2n) is 8.43. The number of aryl methyl sites for hydroxylation is 2. The van der Waals surface area contributed by atoms with Crippen LogP contribution in [0.4, 0.5) is 4.79 Å². The molecule has 0 saturated heterocycles. The molecule has 1 aromatic carbocycles. The Kier molecular flexibility index (Phi) is 6.19. The molecule has 0 bridgehead atoms. The number of aromatic nitrogens is 2. The highest BCUT2D eigenvalue weighted by Crippen LogP contribution is 2.24. The highest BCUT2D eigenvalue weighted by Gasteiger charge is 2.28. The number of rotatable bonds is 5. The maximum absolute atomic E-state index is 12.8. The van der Waals surface area contributed by atoms with Gasteiger partial charge in [-0.2, -0.15) is 5.10 Å². The third-order valence-electron chi connectivity index (χ3n) is 6.17. The number of benzene rings is 1. The average molecular weight is 397 g/mol. The lowest BCUT2D eigenvalue weighted by Gasteiger charge is -2.31. The quantitative estimate of drug-likeness (QED) is 0.835. The molecule has 2 aliphatic rings. The van der Waals surface area contributed by atoms with Gasteiger partial charge in [0.05, 0.1) is 25.5 Å². The Morgan fingerprint density at radius 3 is 2.69 bits per heavy atom. The third-order valence-corrected chi connectivity index (χ3v) is 6.17. The Balaban J connectivity index is 1.36. The summed E-state index contributed by atoms with van der Waals surface area (Å²) < 4.78 is 7.90. The van der Waals surface area contributed by atoms with E-state index in [1.54, 1.807) is 0 Å². The molecule has 4 rings (SSSR count). The molecule has 1 aliphatic carbocycles. The molecule has 1 fully saturated rings. The van der Waals surface area contributed by atoms with E-state index in [0.29, 0.717) is 25.8 Å². The monoisotopic (exact) mass is 396 g/mol. The normalized spacial score (nSPS) is 17.2. The van der Waals surface area contributed by atoms with Crippen LogP contribution in [0.5, 0.6) is 0 Å². The van der Waals surface area contributed by atoms with E-state index in [-0.39, 0.29) is 6.03 Å². The smallest absolute Gasteiger partial charge is 0.317 e. The van der Waals surface area contributed by atoms with E-state index in [1.807, 2.05) is 16.6 Å². The van der Waals surface area contributed by atoms with Crippen molar-refractivity contribution in [2.45, 2.75) is 71.2 Å². The SMILES string of the molecule is Cc1ccc(COCc2nn(C)c3c2CN(C(=O)NC2CCCCC2)CC3)cc1. The molecule has 1 aromatic heterocycles. The zero-order valence-electron chi connectivity index (χ0n) is 17.6. The summed E-state index contributed by atoms with van der Waals surface area (Å²) >= 11 is 0. The van der Waals surface area contributed by atoms with Crippen molar-refractivity contribution in [2.24, 2.45) is 7.05 Å². The highest BCUT2D eigenvalue weighted by molar-refractivity contribution is 5.75. The van der Waals surface area contributed by atoms with Crippen molar-refractivity contribution in [3.05, 3.63) is 52.3 Å². The van der Waals surface area contributed by atoms with Gasteiger partial charge in [0.2, 0.25) is 0 Å². The van der Waals surface area contributed by atoms with Crippen molar-refractivity contribution in [3.8, 4) is 0 Å². The maximum atomic E-state index is 12.8. The van der Waals surface area contributed by atoms with Crippen LogP contribution < -0.4 is 5.32 Å². The minimum atomic E-state index is 0.0675. The molecule has 0 atom stereocenters. The van der Waals surface area contributed by atoms with Gasteiger partial charge in [0.25, 0.3) is 0 Å². The van der Waals surface area contributed by atoms with E-state index in [2.05, 4.69) is 41.6 Å². The molecule has 156 valence electrons. The number of hydrogen-bond acceptors (Lipinski definition) is 3. The van der Waals surface area contributed by atoms with Crippen molar-refractivity contribution in [3.63, 3.8) is 0 Å². The molecular weight excluding hydrogens is 364 g/mol. The molecule has 2 amide bonds. The molecule has 29 heavy (non-hydrogen) atoms. The van der Waals surface area contributed by atoms with Crippen molar-refractivity contribution in [1.82, 2.24) is 20.0 Å². The zero-order valence-corrected chi connectivity index (χ0v) is 17.6. The number of nitrogens with zero attached hydrogens (tertiary/aromatic N) is 3. The maximum Gasteiger partial charge on any atom is 0.317 e. The Labute approximate surface area is 173 Å². The number of nitrogens with one attached hydrogen (secondary N) is 1. The van der Waals surface area contributed by atoms with Crippen molar-refractivity contribution < 1.29 is 9.53 Å². The molecule has 0 unspecified atom stereocenters. The van der Waals surface area contributed by atoms with Gasteiger partial charge in [0.15, 0.2) is 0 Å². The zero-order chi connectivity index (χ0) is 20.2. The number of ether oxygens (including phenoxy) is 1. The predicted molar refractivity (Wildman–Crippen MR) is 112 cm³/mol. The van der Waals surface area contributed by atoms with Crippen LogP contribution in [0.15, 0.2) is 24.3 Å². The van der Waals surface area contributed by atoms with Gasteiger partial charge in [0.1, 0.15) is 0 Å². The van der Waals surface area contributed by atoms with E-state index in [1.165, 1.54) is 30.5 Å². The second kappa shape index (κ2) is 8.99. The Bertz CT molecular complexity index is 837. The van der Waals surface area contributed by atoms with Gasteiger partial charge in [-0.25, -0.2) is 4.79 Å². The summed E-state index contributed by atoms with van der Waals surface area (Å²) in [5.74, 6) is 0. The number of urea groups is 1. The number of hydrogen-bond donors (Lipinski definition) is 1. The summed E-state index contributed by atoms with van der Waals surface area (Å²) in [6.07, 6.45) is 6.79. The topological polar surface area (TPSA) is 59.4 Å². The first-order valence-corrected chi connectivity index (χ1v) is 10.8. The fourth-order valence-electron chi connectivity index (χ4n) is 4.42. The van der Waals surface area contributed by atoms with Gasteiger partial charge >= 0.3 is 6.03 Å². The lowest BCUT2D eigenvalue weighted by atomic mass is 9.95. The van der Waals surface area contributed by atoms with Gasteiger partial charge in [-0.15, -0.1) is 0 Å². The lowest BCUT2D eigenvalue weighted by Crippen LogP contribution is -2.47. The standard InChI is InChI=1S/C23H32N4O2/c1-17-8-10-18(11-9-17)15-29-16-21-20-14-27(13-12-22(20)26(2)25-21)23(28)24-19-6-4-3-5-7-19/h8-11,19H,3-7,12-16H2,1-2H3,(H,24,28). The predicted octanol–water partition coefficient (Wildman–Crippen LogP) is 3.85. The summed E-state index contributed by atoms with van der Waals surface area (Å²) in [6, 6.07) is 8.80. The summed E-state index contributed by atoms with van der Waals surface area (Å²) in [7, 11) is 1.99. The first-order chi connectivity index (χ1) is 14.1. The largest absolute Gasteiger partial charge is 0.370 e. The number of carbonyl (C=O) groups excluding carboxylic acids is 1. The number of carbonyl (C=O) groups is 1. The van der Waals surface area contributed by atoms with E-state index >= 15 is 0 Å². The first kappa shape index (κ1) is 20.0. The minimum Gasteiger partial charge on any atom is -0.370 e. The van der Waals surface area contributed by atoms with Crippen LogP contribution in [0.3, 0.4) is 0 Å². The summed E-state index contributed by atoms with van der Waals surface area (Å²) in [6.45, 7) is 4.48. The van der Waals surface area contributed by atoms with Crippen LogP contribution >= 0.6 is 0 Å². The lowest BCUT2D eigenvalue weighted by molar-refractivity contribution is 0.103. The van der Waals surface area contributed by atoms with Crippen LogP contribution in [0.2, 0.25) is 0 Å². The van der Waals surface area contributed by atoms with Crippen LogP contribution in [-0.4, -0.2) is 33.3 Å². The summed E-state index contributed by atoms with van der Waals surface area (Å²) in [5.41, 5.74) is 5.74. The van der Waals surface area contributed by atoms with Crippen LogP contribution in [0, 0.1) is 6.92 Å². The van der Waals surface area contributed by atoms with E-state index in [0.717, 1.165) is 42.6 Å². The van der Waals surface area contributed by atoms with Gasteiger partial charge in [0, 0.05) is 37.3 Å². The molecule has 1 saturated carbocycles. The molecule has 6 nitrogen and oxygen atoms in total. The first-order valence-electron chi connectivity index (χ1n) is 10.8. The fourth-order valence-corrected chi connectivity index (χ4v) is 4.42. The van der Waals surface area contributed by atoms with Crippen LogP contribution in [0.25, 0.3) is 0 Å². The van der Waals surface area contributed by atoms with E-state index in [4.69, 9.17) is 4.74 Å². The Morgan fingerprint density at radius 1 is 1.17 bits per heavy atom. The molecule has 0 radical (unpaired) electrons. The molecule has 2 heterocycles. The van der Waals surface area contributed by atoms with Gasteiger partial charge in [-0.1, -0.05) is 49.1 Å². The molecule has 1 aliphatic heterocycles. The number of amides is 2. The van der Waals surface area contributed by atoms with E-state index < -0.39 is 0 Å². The molecule has 2 aromatic rings. The van der Waals surface area contributed by atoms with Crippen LogP contribution in [-0.2, 0) is 38.0 Å². The Morgan fingerprint density at radius 2 is 1.93 bits per heavy atom. The second-order valence-corrected chi connectivity index (χ2v) is 8.43. The number of fused-ring (bicyclic) bond motifs is 1. The molecule has 1 N–H and O–H groups in total. The van der Waals surface area contributed by atoms with Gasteiger partial charge in [-0.05, 0) is 25.3 Å². The summed E-state index contributed by atoms with van der Waals surface area (Å²) in [5, 5.41) is 7.92. The van der Waals surface area contributed by atoms with Crippen molar-refractivity contribution in [1.29, 1.82) is 0 Å². The van der Waals surface area contributed by atoms with Crippen molar-refractivity contribution >= 4 is 6.03 Å². The van der Waals surface area contributed by atoms with Crippen molar-refractivity contribution in [2.75, 3.05) is 6.54 Å². The third kappa shape index (κ3) is 4.81. The molecule has 6 heteroatoms. The molecular formula is C23H32N4O2. The fraction of sp³-hybridized carbons (Fsp3) is 0.565. The minimum absolute atomic E-state index is 0.0675. The van der Waals surface area contributed by atoms with Gasteiger partial charge < -0.3 is 15.0 Å². The highest BCUT2D eigenvalue weighted by atomic mass is 16.5. The van der Waals surface area contributed by atoms with Crippen LogP contribution in [0.1, 0.15) is 60.2 Å². The van der Waals surface area contributed by atoms with E-state index in [9.17, 15) is 4.79 Å². The average Bonchev–Trinajstić information content (AvgIpc) is 3.05.